The molecular weight excluding hydrogens is 761 g/mol. The van der Waals surface area contributed by atoms with E-state index in [-0.39, 0.29) is 0 Å². The van der Waals surface area contributed by atoms with Crippen LogP contribution in [0.25, 0.3) is 88.4 Å². The molecule has 310 valence electrons. The van der Waals surface area contributed by atoms with Gasteiger partial charge in [-0.1, -0.05) is 128 Å². The van der Waals surface area contributed by atoms with Crippen LogP contribution < -0.4 is 0 Å². The average Bonchev–Trinajstić information content (AvgIpc) is 3.95. The van der Waals surface area contributed by atoms with Crippen LogP contribution in [0.1, 0.15) is 112 Å². The minimum absolute atomic E-state index is 0.480. The predicted octanol–water partition coefficient (Wildman–Crippen LogP) is 17.3. The van der Waals surface area contributed by atoms with Gasteiger partial charge in [0.15, 0.2) is 0 Å². The van der Waals surface area contributed by atoms with Gasteiger partial charge in [-0.25, -0.2) is 0 Å². The molecule has 2 heteroatoms. The Morgan fingerprint density at radius 3 is 0.873 bits per heavy atom. The van der Waals surface area contributed by atoms with Gasteiger partial charge in [0.25, 0.3) is 0 Å². The molecule has 0 atom stereocenters. The molecule has 0 fully saturated rings. The van der Waals surface area contributed by atoms with Crippen molar-refractivity contribution in [1.29, 1.82) is 0 Å². The van der Waals surface area contributed by atoms with E-state index in [2.05, 4.69) is 222 Å². The van der Waals surface area contributed by atoms with E-state index in [4.69, 9.17) is 0 Å². The van der Waals surface area contributed by atoms with E-state index in [1.54, 1.807) is 0 Å². The summed E-state index contributed by atoms with van der Waals surface area (Å²) in [6.07, 6.45) is 0.971. The lowest BCUT2D eigenvalue weighted by Crippen LogP contribution is -1.95. The molecular formula is C61H56N2. The van der Waals surface area contributed by atoms with Crippen molar-refractivity contribution < 1.29 is 0 Å². The van der Waals surface area contributed by atoms with Crippen molar-refractivity contribution >= 4 is 43.6 Å². The molecule has 2 aromatic heterocycles. The maximum absolute atomic E-state index is 2.45. The lowest BCUT2D eigenvalue weighted by molar-refractivity contribution is 0.868. The lowest BCUT2D eigenvalue weighted by Gasteiger charge is -2.12. The maximum atomic E-state index is 2.45. The molecule has 2 heterocycles. The highest BCUT2D eigenvalue weighted by Gasteiger charge is 2.21. The van der Waals surface area contributed by atoms with Crippen LogP contribution in [0.15, 0.2) is 158 Å². The molecule has 0 amide bonds. The first-order valence-electron chi connectivity index (χ1n) is 23.1. The van der Waals surface area contributed by atoms with E-state index < -0.39 is 0 Å². The summed E-state index contributed by atoms with van der Waals surface area (Å²) in [5.41, 5.74) is 23.4. The van der Waals surface area contributed by atoms with Crippen LogP contribution in [0.4, 0.5) is 0 Å². The first-order chi connectivity index (χ1) is 30.5. The van der Waals surface area contributed by atoms with Crippen molar-refractivity contribution in [3.05, 3.63) is 191 Å². The molecule has 0 unspecified atom stereocenters. The third-order valence-electron chi connectivity index (χ3n) is 14.1. The van der Waals surface area contributed by atoms with Gasteiger partial charge in [0, 0.05) is 32.9 Å². The second-order valence-electron chi connectivity index (χ2n) is 19.4. The van der Waals surface area contributed by atoms with E-state index in [0.717, 1.165) is 6.42 Å². The second kappa shape index (κ2) is 15.0. The Labute approximate surface area is 372 Å². The molecule has 0 radical (unpaired) electrons. The first kappa shape index (κ1) is 39.2. The third kappa shape index (κ3) is 6.53. The smallest absolute Gasteiger partial charge is 0.0541 e. The molecule has 10 aromatic rings. The SMILES string of the molecule is CC(C)c1ccc2c(c1)c1cc(C(C)C)ccc1n2-c1ccc(-c2ccc3c(c2)-c2cc(-c4ccc(-n5c6ccc(C(C)C)cc6c6cc(C(C)C)ccc65)cc4)ccc2C3)cc1. The minimum Gasteiger partial charge on any atom is -0.309 e. The van der Waals surface area contributed by atoms with Gasteiger partial charge in [0.2, 0.25) is 0 Å². The molecule has 1 aliphatic rings. The van der Waals surface area contributed by atoms with Gasteiger partial charge in [0.05, 0.1) is 22.1 Å². The molecule has 0 N–H and O–H groups in total. The van der Waals surface area contributed by atoms with Crippen molar-refractivity contribution in [3.8, 4) is 44.8 Å². The Kier molecular flexibility index (Phi) is 9.35. The fraction of sp³-hybridized carbons (Fsp3) is 0.213. The van der Waals surface area contributed by atoms with Gasteiger partial charge in [-0.05, 0) is 182 Å². The Morgan fingerprint density at radius 1 is 0.302 bits per heavy atom. The van der Waals surface area contributed by atoms with E-state index in [0.29, 0.717) is 23.7 Å². The molecule has 0 saturated carbocycles. The van der Waals surface area contributed by atoms with Gasteiger partial charge in [-0.3, -0.25) is 0 Å². The minimum atomic E-state index is 0.480. The number of aromatic nitrogens is 2. The normalized spacial score (nSPS) is 12.6. The summed E-state index contributed by atoms with van der Waals surface area (Å²) in [7, 11) is 0. The van der Waals surface area contributed by atoms with E-state index in [1.165, 1.54) is 122 Å². The Bertz CT molecular complexity index is 3040. The van der Waals surface area contributed by atoms with E-state index in [9.17, 15) is 0 Å². The number of benzene rings is 8. The van der Waals surface area contributed by atoms with Crippen molar-refractivity contribution in [2.75, 3.05) is 0 Å². The number of hydrogen-bond donors (Lipinski definition) is 0. The Morgan fingerprint density at radius 2 is 0.587 bits per heavy atom. The average molecular weight is 817 g/mol. The van der Waals surface area contributed by atoms with Crippen molar-refractivity contribution in [2.45, 2.75) is 85.5 Å². The molecule has 0 bridgehead atoms. The number of rotatable bonds is 8. The van der Waals surface area contributed by atoms with Gasteiger partial charge in [0.1, 0.15) is 0 Å². The predicted molar refractivity (Wildman–Crippen MR) is 271 cm³/mol. The zero-order chi connectivity index (χ0) is 43.3. The molecule has 0 aliphatic heterocycles. The summed E-state index contributed by atoms with van der Waals surface area (Å²) >= 11 is 0. The highest BCUT2D eigenvalue weighted by Crippen LogP contribution is 2.43. The molecule has 8 aromatic carbocycles. The zero-order valence-corrected chi connectivity index (χ0v) is 37.9. The number of nitrogens with zero attached hydrogens (tertiary/aromatic N) is 2. The van der Waals surface area contributed by atoms with Crippen molar-refractivity contribution in [2.24, 2.45) is 0 Å². The van der Waals surface area contributed by atoms with Crippen LogP contribution in [0.3, 0.4) is 0 Å². The summed E-state index contributed by atoms with van der Waals surface area (Å²) in [5.74, 6) is 1.92. The van der Waals surface area contributed by atoms with Gasteiger partial charge in [-0.2, -0.15) is 0 Å². The highest BCUT2D eigenvalue weighted by molar-refractivity contribution is 6.11. The van der Waals surface area contributed by atoms with E-state index in [1.807, 2.05) is 0 Å². The summed E-state index contributed by atoms with van der Waals surface area (Å²) in [5, 5.41) is 5.33. The van der Waals surface area contributed by atoms with Crippen LogP contribution in [0.5, 0.6) is 0 Å². The monoisotopic (exact) mass is 816 g/mol. The van der Waals surface area contributed by atoms with Gasteiger partial charge < -0.3 is 9.13 Å². The molecule has 1 aliphatic carbocycles. The van der Waals surface area contributed by atoms with E-state index >= 15 is 0 Å². The Hall–Kier alpha value is -6.64. The van der Waals surface area contributed by atoms with Gasteiger partial charge in [-0.15, -0.1) is 0 Å². The van der Waals surface area contributed by atoms with Crippen LogP contribution in [-0.4, -0.2) is 9.13 Å². The van der Waals surface area contributed by atoms with Crippen molar-refractivity contribution in [3.63, 3.8) is 0 Å². The molecule has 11 rings (SSSR count). The summed E-state index contributed by atoms with van der Waals surface area (Å²) in [6.45, 7) is 18.3. The largest absolute Gasteiger partial charge is 0.309 e. The van der Waals surface area contributed by atoms with Crippen LogP contribution in [0, 0.1) is 0 Å². The third-order valence-corrected chi connectivity index (χ3v) is 14.1. The lowest BCUT2D eigenvalue weighted by atomic mass is 9.96. The summed E-state index contributed by atoms with van der Waals surface area (Å²) < 4.78 is 4.90. The van der Waals surface area contributed by atoms with Crippen LogP contribution in [0.2, 0.25) is 0 Å². The fourth-order valence-electron chi connectivity index (χ4n) is 10.2. The summed E-state index contributed by atoms with van der Waals surface area (Å²) in [6, 6.07) is 60.7. The zero-order valence-electron chi connectivity index (χ0n) is 37.9. The topological polar surface area (TPSA) is 9.86 Å². The fourth-order valence-corrected chi connectivity index (χ4v) is 10.2. The first-order valence-corrected chi connectivity index (χ1v) is 23.1. The van der Waals surface area contributed by atoms with Crippen LogP contribution >= 0.6 is 0 Å². The molecule has 0 saturated heterocycles. The summed E-state index contributed by atoms with van der Waals surface area (Å²) in [4.78, 5) is 0. The van der Waals surface area contributed by atoms with Crippen LogP contribution in [-0.2, 0) is 6.42 Å². The quantitative estimate of drug-likeness (QED) is 0.145. The molecule has 0 spiro atoms. The molecule has 63 heavy (non-hydrogen) atoms. The number of hydrogen-bond acceptors (Lipinski definition) is 0. The Balaban J connectivity index is 0.918. The standard InChI is InChI=1S/C61H56N2/c1-36(2)42-17-25-58-54(30-42)55-31-43(37(3)4)18-26-59(55)62(58)50-21-13-40(14-22-50)46-9-11-48-29-49-12-10-47(35-53(49)52(48)34-46)41-15-23-51(24-16-41)63-60-27-19-44(38(5)6)32-56(60)57-33-45(39(7)8)20-28-61(57)63/h9-28,30-39H,29H2,1-8H3. The number of fused-ring (bicyclic) bond motifs is 9. The van der Waals surface area contributed by atoms with Crippen molar-refractivity contribution in [1.82, 2.24) is 9.13 Å². The van der Waals surface area contributed by atoms with Gasteiger partial charge >= 0.3 is 0 Å². The highest BCUT2D eigenvalue weighted by atomic mass is 15.0. The maximum Gasteiger partial charge on any atom is 0.0541 e. The second-order valence-corrected chi connectivity index (χ2v) is 19.4. The molecule has 2 nitrogen and oxygen atoms in total.